The molecule has 1 fully saturated rings. The van der Waals surface area contributed by atoms with Crippen LogP contribution in [-0.4, -0.2) is 57.0 Å². The maximum absolute atomic E-state index is 12.8. The van der Waals surface area contributed by atoms with Crippen molar-refractivity contribution in [2.24, 2.45) is 0 Å². The Morgan fingerprint density at radius 3 is 1.86 bits per heavy atom. The molecule has 0 saturated carbocycles. The lowest BCUT2D eigenvalue weighted by Gasteiger charge is -2.41. The van der Waals surface area contributed by atoms with Crippen molar-refractivity contribution in [2.45, 2.75) is 90.6 Å². The van der Waals surface area contributed by atoms with E-state index in [-0.39, 0.29) is 37.7 Å². The Kier molecular flexibility index (Phi) is 12.9. The van der Waals surface area contributed by atoms with Gasteiger partial charge in [-0.25, -0.2) is 9.13 Å². The second-order valence-corrected chi connectivity index (χ2v) is 9.34. The van der Waals surface area contributed by atoms with E-state index in [0.29, 0.717) is 13.0 Å². The summed E-state index contributed by atoms with van der Waals surface area (Å²) in [6, 6.07) is 0. The fourth-order valence-corrected chi connectivity index (χ4v) is 4.32. The van der Waals surface area contributed by atoms with E-state index < -0.39 is 0 Å². The van der Waals surface area contributed by atoms with E-state index in [1.165, 1.54) is 84.6 Å². The highest BCUT2D eigenvalue weighted by Gasteiger charge is 2.30. The molecule has 0 aromatic carbocycles. The third-order valence-electron chi connectivity index (χ3n) is 6.45. The molecule has 0 unspecified atom stereocenters. The molecule has 3 amide bonds. The van der Waals surface area contributed by atoms with Crippen LogP contribution in [0.4, 0.5) is 0 Å². The topological polar surface area (TPSA) is 69.7 Å². The highest BCUT2D eigenvalue weighted by molar-refractivity contribution is 5.90. The number of hydrogen-bond acceptors (Lipinski definition) is 3. The van der Waals surface area contributed by atoms with Crippen LogP contribution in [0.5, 0.6) is 0 Å². The molecule has 0 spiro atoms. The Balaban J connectivity index is 1.69. The number of amides is 3. The number of nitrogens with zero attached hydrogens (tertiary/aromatic N) is 5. The molecule has 0 radical (unpaired) electrons. The Hall–Kier alpha value is -2.90. The van der Waals surface area contributed by atoms with Crippen LogP contribution in [0.2, 0.25) is 0 Å². The van der Waals surface area contributed by atoms with E-state index in [0.717, 1.165) is 13.0 Å². The van der Waals surface area contributed by atoms with Crippen LogP contribution >= 0.6 is 0 Å². The summed E-state index contributed by atoms with van der Waals surface area (Å²) in [5, 5.41) is 0. The average molecular weight is 487 g/mol. The molecule has 1 aromatic rings. The van der Waals surface area contributed by atoms with Crippen molar-refractivity contribution < 1.29 is 19.0 Å². The second kappa shape index (κ2) is 15.9. The molecule has 0 atom stereocenters. The molecule has 2 rings (SSSR count). The lowest BCUT2D eigenvalue weighted by Crippen LogP contribution is -2.59. The van der Waals surface area contributed by atoms with E-state index in [9.17, 15) is 14.4 Å². The molecule has 8 heteroatoms. The Labute approximate surface area is 210 Å². The summed E-state index contributed by atoms with van der Waals surface area (Å²) in [6.45, 7) is 11.2. The highest BCUT2D eigenvalue weighted by Crippen LogP contribution is 2.12. The van der Waals surface area contributed by atoms with Gasteiger partial charge in [0.2, 0.25) is 24.0 Å². The van der Waals surface area contributed by atoms with Crippen LogP contribution in [0.1, 0.15) is 77.6 Å². The molecule has 1 aliphatic rings. The minimum Gasteiger partial charge on any atom is -0.307 e. The van der Waals surface area contributed by atoms with Gasteiger partial charge in [0.15, 0.2) is 0 Å². The quantitative estimate of drug-likeness (QED) is 0.203. The summed E-state index contributed by atoms with van der Waals surface area (Å²) in [4.78, 5) is 41.4. The van der Waals surface area contributed by atoms with Crippen LogP contribution in [0.3, 0.4) is 0 Å². The van der Waals surface area contributed by atoms with Crippen molar-refractivity contribution in [3.05, 3.63) is 44.0 Å². The monoisotopic (exact) mass is 486 g/mol. The first-order valence-corrected chi connectivity index (χ1v) is 13.1. The predicted molar refractivity (Wildman–Crippen MR) is 137 cm³/mol. The summed E-state index contributed by atoms with van der Waals surface area (Å²) < 4.78 is 4.18. The molecule has 194 valence electrons. The number of carbonyl (C=O) groups excluding carboxylic acids is 3. The van der Waals surface area contributed by atoms with E-state index in [2.05, 4.69) is 24.6 Å². The molecule has 0 N–H and O–H groups in total. The molecular formula is C27H44N5O3+. The number of unbranched alkanes of at least 4 members (excludes halogenated alkanes) is 9. The van der Waals surface area contributed by atoms with Gasteiger partial charge < -0.3 is 14.7 Å². The molecule has 35 heavy (non-hydrogen) atoms. The molecular weight excluding hydrogens is 442 g/mol. The van der Waals surface area contributed by atoms with Gasteiger partial charge in [-0.3, -0.25) is 14.4 Å². The largest absolute Gasteiger partial charge is 0.307 e. The van der Waals surface area contributed by atoms with Crippen molar-refractivity contribution in [3.63, 3.8) is 0 Å². The average Bonchev–Trinajstić information content (AvgIpc) is 3.34. The first-order valence-electron chi connectivity index (χ1n) is 13.1. The number of aryl methyl sites for hydroxylation is 2. The minimum absolute atomic E-state index is 0.108. The first kappa shape index (κ1) is 28.3. The van der Waals surface area contributed by atoms with E-state index in [1.54, 1.807) is 0 Å². The maximum Gasteiger partial charge on any atom is 0.248 e. The Bertz CT molecular complexity index is 807. The zero-order valence-corrected chi connectivity index (χ0v) is 21.6. The molecule has 1 saturated heterocycles. The minimum atomic E-state index is -0.317. The summed E-state index contributed by atoms with van der Waals surface area (Å²) in [5.74, 6) is -0.742. The van der Waals surface area contributed by atoms with Crippen LogP contribution in [-0.2, 0) is 27.5 Å². The van der Waals surface area contributed by atoms with Gasteiger partial charge in [0.05, 0.1) is 39.5 Å². The van der Waals surface area contributed by atoms with Crippen molar-refractivity contribution in [3.8, 4) is 0 Å². The Morgan fingerprint density at radius 2 is 1.31 bits per heavy atom. The molecule has 8 nitrogen and oxygen atoms in total. The van der Waals surface area contributed by atoms with E-state index >= 15 is 0 Å². The van der Waals surface area contributed by atoms with Crippen molar-refractivity contribution in [2.75, 3.05) is 20.0 Å². The normalized spacial score (nSPS) is 13.7. The van der Waals surface area contributed by atoms with Crippen LogP contribution in [0, 0.1) is 0 Å². The molecule has 0 aliphatic carbocycles. The smallest absolute Gasteiger partial charge is 0.248 e. The third-order valence-corrected chi connectivity index (χ3v) is 6.45. The summed E-state index contributed by atoms with van der Waals surface area (Å²) in [5.41, 5.74) is 0. The number of rotatable bonds is 16. The lowest BCUT2D eigenvalue weighted by atomic mass is 10.1. The summed E-state index contributed by atoms with van der Waals surface area (Å²) in [6.07, 6.45) is 22.0. The van der Waals surface area contributed by atoms with Gasteiger partial charge in [-0.05, 0) is 25.0 Å². The van der Waals surface area contributed by atoms with Crippen LogP contribution in [0.25, 0.3) is 0 Å². The molecule has 0 bridgehead atoms. The maximum atomic E-state index is 12.8. The SMILES string of the molecule is C=CC(=O)N1CN(C(=O)C=C)CN(C(=O)CCn2cc[n+](CCCCCCCCCCCC)c2)C1. The lowest BCUT2D eigenvalue weighted by molar-refractivity contribution is -0.696. The van der Waals surface area contributed by atoms with Crippen molar-refractivity contribution in [1.29, 1.82) is 0 Å². The second-order valence-electron chi connectivity index (χ2n) is 9.34. The number of carbonyl (C=O) groups is 3. The van der Waals surface area contributed by atoms with E-state index in [4.69, 9.17) is 0 Å². The summed E-state index contributed by atoms with van der Waals surface area (Å²) in [7, 11) is 0. The third kappa shape index (κ3) is 10.1. The van der Waals surface area contributed by atoms with Gasteiger partial charge in [-0.2, -0.15) is 0 Å². The zero-order chi connectivity index (χ0) is 25.5. The summed E-state index contributed by atoms with van der Waals surface area (Å²) >= 11 is 0. The highest BCUT2D eigenvalue weighted by atomic mass is 16.2. The van der Waals surface area contributed by atoms with Crippen LogP contribution in [0.15, 0.2) is 44.0 Å². The number of hydrogen-bond donors (Lipinski definition) is 0. The fourth-order valence-electron chi connectivity index (χ4n) is 4.32. The van der Waals surface area contributed by atoms with E-state index in [1.807, 2.05) is 23.3 Å². The van der Waals surface area contributed by atoms with Gasteiger partial charge in [0.1, 0.15) is 12.4 Å². The first-order chi connectivity index (χ1) is 17.0. The standard InChI is InChI=1S/C27H44N5O3/c1-4-7-8-9-10-11-12-13-14-15-17-28-19-20-29(21-28)18-16-27(35)32-23-30(25(33)5-2)22-31(24-32)26(34)6-3/h5-6,19-21H,2-4,7-18,22-24H2,1H3/q+1. The molecule has 2 heterocycles. The molecule has 1 aliphatic heterocycles. The van der Waals surface area contributed by atoms with Crippen molar-refractivity contribution >= 4 is 17.7 Å². The zero-order valence-electron chi connectivity index (χ0n) is 21.6. The number of imidazole rings is 1. The number of aromatic nitrogens is 2. The van der Waals surface area contributed by atoms with Gasteiger partial charge >= 0.3 is 0 Å². The predicted octanol–water partition coefficient (Wildman–Crippen LogP) is 3.83. The van der Waals surface area contributed by atoms with Crippen LogP contribution < -0.4 is 4.57 Å². The molecule has 1 aromatic heterocycles. The van der Waals surface area contributed by atoms with Crippen molar-refractivity contribution in [1.82, 2.24) is 19.3 Å². The van der Waals surface area contributed by atoms with Gasteiger partial charge in [-0.1, -0.05) is 71.4 Å². The van der Waals surface area contributed by atoms with Gasteiger partial charge in [-0.15, -0.1) is 0 Å². The van der Waals surface area contributed by atoms with Gasteiger partial charge in [0.25, 0.3) is 0 Å². The van der Waals surface area contributed by atoms with Gasteiger partial charge in [0, 0.05) is 0 Å². The Morgan fingerprint density at radius 1 is 0.800 bits per heavy atom. The fraction of sp³-hybridized carbons (Fsp3) is 0.630.